The largest absolute Gasteiger partial charge is 0.352 e. The van der Waals surface area contributed by atoms with E-state index in [-0.39, 0.29) is 6.03 Å². The number of amides is 2. The maximum Gasteiger partial charge on any atom is 0.321 e. The average Bonchev–Trinajstić information content (AvgIpc) is 2.96. The average molecular weight is 442 g/mol. The maximum atomic E-state index is 12.6. The van der Waals surface area contributed by atoms with Gasteiger partial charge in [0.2, 0.25) is 0 Å². The maximum absolute atomic E-state index is 12.6. The van der Waals surface area contributed by atoms with Crippen molar-refractivity contribution in [2.45, 2.75) is 32.1 Å². The highest BCUT2D eigenvalue weighted by atomic mass is 35.5. The van der Waals surface area contributed by atoms with Crippen LogP contribution in [0.4, 0.5) is 16.3 Å². The summed E-state index contributed by atoms with van der Waals surface area (Å²) < 4.78 is 0. The number of aryl methyl sites for hydroxylation is 2. The molecule has 1 aromatic carbocycles. The molecule has 1 fully saturated rings. The van der Waals surface area contributed by atoms with Crippen LogP contribution in [0, 0.1) is 0 Å². The Hall–Kier alpha value is -2.38. The molecule has 0 spiro atoms. The number of nitrogens with one attached hydrogen (secondary N) is 1. The van der Waals surface area contributed by atoms with Gasteiger partial charge in [-0.3, -0.25) is 0 Å². The fraction of sp³-hybridized carbons (Fsp3) is 0.409. The third-order valence-corrected chi connectivity index (χ3v) is 7.40. The molecule has 1 aliphatic heterocycles. The van der Waals surface area contributed by atoms with E-state index in [1.807, 2.05) is 28.4 Å². The normalized spacial score (nSPS) is 17.0. The summed E-state index contributed by atoms with van der Waals surface area (Å²) in [6, 6.07) is 7.11. The number of nitrogens with zero attached hydrogens (tertiary/aromatic N) is 4. The second kappa shape index (κ2) is 8.40. The zero-order chi connectivity index (χ0) is 20.5. The zero-order valence-corrected chi connectivity index (χ0v) is 18.3. The fourth-order valence-electron chi connectivity index (χ4n) is 4.35. The molecule has 1 N–H and O–H groups in total. The molecule has 0 radical (unpaired) electrons. The molecule has 5 rings (SSSR count). The topological polar surface area (TPSA) is 61.4 Å². The van der Waals surface area contributed by atoms with Crippen molar-refractivity contribution in [3.8, 4) is 0 Å². The molecule has 1 aliphatic carbocycles. The van der Waals surface area contributed by atoms with Gasteiger partial charge in [0.25, 0.3) is 0 Å². The van der Waals surface area contributed by atoms with E-state index in [0.717, 1.165) is 42.3 Å². The van der Waals surface area contributed by atoms with Crippen LogP contribution in [-0.2, 0) is 12.8 Å². The molecule has 6 nitrogen and oxygen atoms in total. The van der Waals surface area contributed by atoms with Gasteiger partial charge in [-0.25, -0.2) is 14.8 Å². The zero-order valence-electron chi connectivity index (χ0n) is 16.7. The molecule has 2 amide bonds. The molecule has 156 valence electrons. The van der Waals surface area contributed by atoms with E-state index in [1.165, 1.54) is 35.1 Å². The van der Waals surface area contributed by atoms with Crippen LogP contribution < -0.4 is 10.2 Å². The lowest BCUT2D eigenvalue weighted by molar-refractivity contribution is 0.208. The number of urea groups is 1. The van der Waals surface area contributed by atoms with E-state index >= 15 is 0 Å². The van der Waals surface area contributed by atoms with Crippen molar-refractivity contribution in [1.29, 1.82) is 0 Å². The Labute approximate surface area is 184 Å². The lowest BCUT2D eigenvalue weighted by Gasteiger charge is -2.35. The van der Waals surface area contributed by atoms with Crippen LogP contribution in [0.1, 0.15) is 29.7 Å². The summed E-state index contributed by atoms with van der Waals surface area (Å²) in [6.45, 7) is 2.87. The molecular formula is C22H24ClN5OS. The molecular weight excluding hydrogens is 418 g/mol. The van der Waals surface area contributed by atoms with Gasteiger partial charge in [-0.15, -0.1) is 11.3 Å². The summed E-state index contributed by atoms with van der Waals surface area (Å²) in [4.78, 5) is 28.6. The van der Waals surface area contributed by atoms with Crippen molar-refractivity contribution >= 4 is 50.7 Å². The number of rotatable bonds is 2. The van der Waals surface area contributed by atoms with Crippen LogP contribution in [0.5, 0.6) is 0 Å². The van der Waals surface area contributed by atoms with Gasteiger partial charge in [-0.1, -0.05) is 18.0 Å². The molecule has 0 bridgehead atoms. The molecule has 0 unspecified atom stereocenters. The molecule has 3 heterocycles. The van der Waals surface area contributed by atoms with Crippen molar-refractivity contribution in [2.24, 2.45) is 0 Å². The predicted molar refractivity (Wildman–Crippen MR) is 123 cm³/mol. The third-order valence-electron chi connectivity index (χ3n) is 5.94. The predicted octanol–water partition coefficient (Wildman–Crippen LogP) is 4.97. The first kappa shape index (κ1) is 19.6. The van der Waals surface area contributed by atoms with Crippen LogP contribution in [-0.4, -0.2) is 47.1 Å². The van der Waals surface area contributed by atoms with Crippen molar-refractivity contribution in [3.63, 3.8) is 0 Å². The van der Waals surface area contributed by atoms with Gasteiger partial charge in [0, 0.05) is 41.8 Å². The van der Waals surface area contributed by atoms with Gasteiger partial charge in [-0.05, 0) is 55.5 Å². The molecule has 30 heavy (non-hydrogen) atoms. The summed E-state index contributed by atoms with van der Waals surface area (Å²) in [5.74, 6) is 1.04. The van der Waals surface area contributed by atoms with Crippen LogP contribution in [0.25, 0.3) is 10.2 Å². The highest BCUT2D eigenvalue weighted by molar-refractivity contribution is 7.18. The van der Waals surface area contributed by atoms with Crippen molar-refractivity contribution in [2.75, 3.05) is 36.4 Å². The number of carbonyl (C=O) groups excluding carboxylic acids is 1. The Morgan fingerprint density at radius 3 is 2.57 bits per heavy atom. The minimum atomic E-state index is -0.0748. The van der Waals surface area contributed by atoms with E-state index in [9.17, 15) is 4.79 Å². The van der Waals surface area contributed by atoms with Gasteiger partial charge >= 0.3 is 6.03 Å². The minimum absolute atomic E-state index is 0.0748. The molecule has 8 heteroatoms. The SMILES string of the molecule is O=C(Nc1ccc(Cl)cc1)N1CCN(c2ncnc3sc4c(c23)CCCCC4)CC1. The summed E-state index contributed by atoms with van der Waals surface area (Å²) in [6.07, 6.45) is 7.78. The molecule has 0 saturated carbocycles. The lowest BCUT2D eigenvalue weighted by Crippen LogP contribution is -2.50. The number of anilines is 2. The number of halogens is 1. The number of aromatic nitrogens is 2. The van der Waals surface area contributed by atoms with E-state index < -0.39 is 0 Å². The molecule has 0 atom stereocenters. The third kappa shape index (κ3) is 3.84. The summed E-state index contributed by atoms with van der Waals surface area (Å²) >= 11 is 7.76. The van der Waals surface area contributed by atoms with Crippen LogP contribution in [0.2, 0.25) is 5.02 Å². The highest BCUT2D eigenvalue weighted by Gasteiger charge is 2.26. The molecule has 3 aromatic rings. The second-order valence-electron chi connectivity index (χ2n) is 7.85. The Balaban J connectivity index is 1.31. The first-order valence-electron chi connectivity index (χ1n) is 10.5. The number of hydrogen-bond donors (Lipinski definition) is 1. The first-order valence-corrected chi connectivity index (χ1v) is 11.7. The highest BCUT2D eigenvalue weighted by Crippen LogP contribution is 2.38. The molecule has 1 saturated heterocycles. The lowest BCUT2D eigenvalue weighted by atomic mass is 10.1. The summed E-state index contributed by atoms with van der Waals surface area (Å²) in [5.41, 5.74) is 2.22. The van der Waals surface area contributed by atoms with Gasteiger partial charge < -0.3 is 15.1 Å². The van der Waals surface area contributed by atoms with Crippen LogP contribution in [0.3, 0.4) is 0 Å². The molecule has 2 aromatic heterocycles. The number of thiophene rings is 1. The molecule has 2 aliphatic rings. The van der Waals surface area contributed by atoms with Gasteiger partial charge in [-0.2, -0.15) is 0 Å². The van der Waals surface area contributed by atoms with Crippen molar-refractivity contribution < 1.29 is 4.79 Å². The smallest absolute Gasteiger partial charge is 0.321 e. The number of carbonyl (C=O) groups is 1. The van der Waals surface area contributed by atoms with E-state index in [4.69, 9.17) is 11.6 Å². The number of hydrogen-bond acceptors (Lipinski definition) is 5. The fourth-order valence-corrected chi connectivity index (χ4v) is 5.70. The van der Waals surface area contributed by atoms with E-state index in [2.05, 4.69) is 20.2 Å². The Bertz CT molecular complexity index is 1060. The summed E-state index contributed by atoms with van der Waals surface area (Å²) in [5, 5.41) is 4.86. The van der Waals surface area contributed by atoms with Crippen molar-refractivity contribution in [1.82, 2.24) is 14.9 Å². The Morgan fingerprint density at radius 1 is 1.00 bits per heavy atom. The van der Waals surface area contributed by atoms with E-state index in [0.29, 0.717) is 18.1 Å². The number of piperazine rings is 1. The van der Waals surface area contributed by atoms with Gasteiger partial charge in [0.05, 0.1) is 5.39 Å². The monoisotopic (exact) mass is 441 g/mol. The summed E-state index contributed by atoms with van der Waals surface area (Å²) in [7, 11) is 0. The minimum Gasteiger partial charge on any atom is -0.352 e. The van der Waals surface area contributed by atoms with Crippen molar-refractivity contribution in [3.05, 3.63) is 46.1 Å². The number of benzene rings is 1. The number of fused-ring (bicyclic) bond motifs is 3. The van der Waals surface area contributed by atoms with Crippen LogP contribution in [0.15, 0.2) is 30.6 Å². The Kier molecular flexibility index (Phi) is 5.48. The Morgan fingerprint density at radius 2 is 1.77 bits per heavy atom. The van der Waals surface area contributed by atoms with E-state index in [1.54, 1.807) is 18.5 Å². The van der Waals surface area contributed by atoms with Crippen LogP contribution >= 0.6 is 22.9 Å². The first-order chi connectivity index (χ1) is 14.7. The van der Waals surface area contributed by atoms with Gasteiger partial charge in [0.1, 0.15) is 17.0 Å². The second-order valence-corrected chi connectivity index (χ2v) is 9.37. The van der Waals surface area contributed by atoms with Gasteiger partial charge in [0.15, 0.2) is 0 Å². The quantitative estimate of drug-likeness (QED) is 0.570. The standard InChI is InChI=1S/C22H24ClN5OS/c23-15-6-8-16(9-7-15)26-22(29)28-12-10-27(11-13-28)20-19-17-4-2-1-3-5-18(17)30-21(19)25-14-24-20/h6-9,14H,1-5,10-13H2,(H,26,29).